The van der Waals surface area contributed by atoms with E-state index >= 15 is 0 Å². The Morgan fingerprint density at radius 1 is 0.952 bits per heavy atom. The molecule has 4 heteroatoms. The SMILES string of the molecule is CCCCCCCCCCCCSc1nc2cscc2[nH]1. The number of nitrogens with zero attached hydrogens (tertiary/aromatic N) is 1. The quantitative estimate of drug-likeness (QED) is 0.350. The van der Waals surface area contributed by atoms with Crippen LogP contribution in [0.2, 0.25) is 0 Å². The van der Waals surface area contributed by atoms with Crippen molar-refractivity contribution in [1.82, 2.24) is 9.97 Å². The van der Waals surface area contributed by atoms with Gasteiger partial charge in [-0.15, -0.1) is 11.3 Å². The number of unbranched alkanes of at least 4 members (excludes halogenated alkanes) is 9. The van der Waals surface area contributed by atoms with Crippen molar-refractivity contribution < 1.29 is 0 Å². The summed E-state index contributed by atoms with van der Waals surface area (Å²) in [4.78, 5) is 7.95. The van der Waals surface area contributed by atoms with Gasteiger partial charge in [0.2, 0.25) is 0 Å². The number of thioether (sulfide) groups is 1. The van der Waals surface area contributed by atoms with Crippen LogP contribution in [0.25, 0.3) is 11.0 Å². The monoisotopic (exact) mass is 324 g/mol. The highest BCUT2D eigenvalue weighted by Crippen LogP contribution is 2.23. The van der Waals surface area contributed by atoms with Gasteiger partial charge in [0.05, 0.1) is 5.52 Å². The molecule has 2 rings (SSSR count). The Bertz CT molecular complexity index is 461. The molecule has 1 N–H and O–H groups in total. The lowest BCUT2D eigenvalue weighted by molar-refractivity contribution is 0.563. The molecular weight excluding hydrogens is 296 g/mol. The van der Waals surface area contributed by atoms with Crippen molar-refractivity contribution in [3.63, 3.8) is 0 Å². The molecule has 0 aliphatic carbocycles. The number of fused-ring (bicyclic) bond motifs is 1. The molecule has 118 valence electrons. The van der Waals surface area contributed by atoms with Crippen molar-refractivity contribution in [3.8, 4) is 0 Å². The van der Waals surface area contributed by atoms with E-state index in [0.29, 0.717) is 0 Å². The number of hydrogen-bond acceptors (Lipinski definition) is 3. The second kappa shape index (κ2) is 10.3. The summed E-state index contributed by atoms with van der Waals surface area (Å²) >= 11 is 3.58. The van der Waals surface area contributed by atoms with Crippen LogP contribution in [0, 0.1) is 0 Å². The largest absolute Gasteiger partial charge is 0.332 e. The molecule has 0 aromatic carbocycles. The number of H-pyrrole nitrogens is 1. The van der Waals surface area contributed by atoms with Gasteiger partial charge in [-0.25, -0.2) is 4.98 Å². The normalized spacial score (nSPS) is 11.5. The Morgan fingerprint density at radius 3 is 2.29 bits per heavy atom. The summed E-state index contributed by atoms with van der Waals surface area (Å²) < 4.78 is 0. The third-order valence-electron chi connectivity index (χ3n) is 3.84. The molecule has 0 amide bonds. The zero-order valence-corrected chi connectivity index (χ0v) is 14.8. The van der Waals surface area contributed by atoms with E-state index in [0.717, 1.165) is 10.7 Å². The highest BCUT2D eigenvalue weighted by molar-refractivity contribution is 7.99. The lowest BCUT2D eigenvalue weighted by atomic mass is 10.1. The summed E-state index contributed by atoms with van der Waals surface area (Å²) in [5, 5.41) is 5.33. The Kier molecular flexibility index (Phi) is 8.26. The van der Waals surface area contributed by atoms with Crippen molar-refractivity contribution in [2.45, 2.75) is 76.3 Å². The first kappa shape index (κ1) is 16.9. The minimum Gasteiger partial charge on any atom is -0.332 e. The first-order chi connectivity index (χ1) is 10.4. The second-order valence-corrected chi connectivity index (χ2v) is 7.57. The van der Waals surface area contributed by atoms with E-state index in [2.05, 4.69) is 27.7 Å². The fourth-order valence-corrected chi connectivity index (χ4v) is 4.13. The van der Waals surface area contributed by atoms with Crippen molar-refractivity contribution in [2.75, 3.05) is 5.75 Å². The topological polar surface area (TPSA) is 28.7 Å². The van der Waals surface area contributed by atoms with E-state index in [1.165, 1.54) is 75.5 Å². The van der Waals surface area contributed by atoms with E-state index in [1.807, 2.05) is 11.8 Å². The molecule has 0 radical (unpaired) electrons. The molecule has 0 unspecified atom stereocenters. The van der Waals surface area contributed by atoms with Crippen molar-refractivity contribution in [1.29, 1.82) is 0 Å². The van der Waals surface area contributed by atoms with Crippen LogP contribution in [-0.2, 0) is 0 Å². The number of rotatable bonds is 12. The number of aromatic amines is 1. The second-order valence-electron chi connectivity index (χ2n) is 5.74. The van der Waals surface area contributed by atoms with Gasteiger partial charge in [0, 0.05) is 16.5 Å². The average molecular weight is 325 g/mol. The number of nitrogens with one attached hydrogen (secondary N) is 1. The number of aromatic nitrogens is 2. The van der Waals surface area contributed by atoms with Gasteiger partial charge in [-0.3, -0.25) is 0 Å². The molecule has 0 fully saturated rings. The third-order valence-corrected chi connectivity index (χ3v) is 5.53. The van der Waals surface area contributed by atoms with Crippen LogP contribution in [0.15, 0.2) is 15.9 Å². The lowest BCUT2D eigenvalue weighted by Gasteiger charge is -2.02. The van der Waals surface area contributed by atoms with Crippen molar-refractivity contribution >= 4 is 34.1 Å². The molecule has 0 spiro atoms. The van der Waals surface area contributed by atoms with E-state index in [1.54, 1.807) is 11.3 Å². The average Bonchev–Trinajstić information content (AvgIpc) is 3.06. The third kappa shape index (κ3) is 6.43. The van der Waals surface area contributed by atoms with Gasteiger partial charge in [-0.1, -0.05) is 76.5 Å². The maximum absolute atomic E-state index is 4.57. The van der Waals surface area contributed by atoms with Crippen molar-refractivity contribution in [2.24, 2.45) is 0 Å². The van der Waals surface area contributed by atoms with Crippen LogP contribution in [0.3, 0.4) is 0 Å². The van der Waals surface area contributed by atoms with E-state index < -0.39 is 0 Å². The summed E-state index contributed by atoms with van der Waals surface area (Å²) in [7, 11) is 0. The summed E-state index contributed by atoms with van der Waals surface area (Å²) in [5.41, 5.74) is 2.30. The van der Waals surface area contributed by atoms with E-state index in [9.17, 15) is 0 Å². The molecule has 0 atom stereocenters. The first-order valence-electron chi connectivity index (χ1n) is 8.45. The Balaban J connectivity index is 1.41. The van der Waals surface area contributed by atoms with Gasteiger partial charge in [0.1, 0.15) is 5.52 Å². The van der Waals surface area contributed by atoms with Gasteiger partial charge in [-0.2, -0.15) is 0 Å². The molecule has 21 heavy (non-hydrogen) atoms. The molecule has 0 aliphatic rings. The zero-order chi connectivity index (χ0) is 14.8. The summed E-state index contributed by atoms with van der Waals surface area (Å²) in [6.07, 6.45) is 14.0. The summed E-state index contributed by atoms with van der Waals surface area (Å²) in [6.45, 7) is 2.28. The van der Waals surface area contributed by atoms with E-state index in [-0.39, 0.29) is 0 Å². The predicted octanol–water partition coefficient (Wildman–Crippen LogP) is 6.64. The minimum atomic E-state index is 1.09. The van der Waals surface area contributed by atoms with Crippen molar-refractivity contribution in [3.05, 3.63) is 10.8 Å². The van der Waals surface area contributed by atoms with Crippen LogP contribution in [-0.4, -0.2) is 15.7 Å². The van der Waals surface area contributed by atoms with Crippen LogP contribution in [0.1, 0.15) is 71.1 Å². The van der Waals surface area contributed by atoms with Gasteiger partial charge >= 0.3 is 0 Å². The first-order valence-corrected chi connectivity index (χ1v) is 10.4. The standard InChI is InChI=1S/C17H28N2S2/c1-2-3-4-5-6-7-8-9-10-11-12-21-17-18-15-13-20-14-16(15)19-17/h13-14H,2-12H2,1H3,(H,18,19). The Morgan fingerprint density at radius 2 is 1.62 bits per heavy atom. The molecule has 2 heterocycles. The maximum Gasteiger partial charge on any atom is 0.166 e. The number of imidazole rings is 1. The van der Waals surface area contributed by atoms with Crippen LogP contribution in [0.4, 0.5) is 0 Å². The van der Waals surface area contributed by atoms with Crippen LogP contribution in [0.5, 0.6) is 0 Å². The molecule has 2 aromatic rings. The highest BCUT2D eigenvalue weighted by Gasteiger charge is 2.03. The smallest absolute Gasteiger partial charge is 0.166 e. The fraction of sp³-hybridized carbons (Fsp3) is 0.706. The molecule has 0 bridgehead atoms. The predicted molar refractivity (Wildman–Crippen MR) is 96.5 cm³/mol. The van der Waals surface area contributed by atoms with Gasteiger partial charge in [-0.05, 0) is 6.42 Å². The van der Waals surface area contributed by atoms with Crippen LogP contribution < -0.4 is 0 Å². The number of thiophene rings is 1. The fourth-order valence-electron chi connectivity index (χ4n) is 2.55. The van der Waals surface area contributed by atoms with Gasteiger partial charge in [0.25, 0.3) is 0 Å². The number of hydrogen-bond donors (Lipinski definition) is 1. The Hall–Kier alpha value is -0.480. The molecule has 0 saturated carbocycles. The highest BCUT2D eigenvalue weighted by atomic mass is 32.2. The van der Waals surface area contributed by atoms with Crippen LogP contribution >= 0.6 is 23.1 Å². The van der Waals surface area contributed by atoms with Gasteiger partial charge < -0.3 is 4.98 Å². The summed E-state index contributed by atoms with van der Waals surface area (Å²) in [5.74, 6) is 1.19. The maximum atomic E-state index is 4.57. The molecular formula is C17H28N2S2. The molecule has 2 aromatic heterocycles. The lowest BCUT2D eigenvalue weighted by Crippen LogP contribution is -1.84. The molecule has 2 nitrogen and oxygen atoms in total. The zero-order valence-electron chi connectivity index (χ0n) is 13.2. The van der Waals surface area contributed by atoms with E-state index in [4.69, 9.17) is 0 Å². The van der Waals surface area contributed by atoms with Gasteiger partial charge in [0.15, 0.2) is 5.16 Å². The molecule has 0 aliphatic heterocycles. The summed E-state index contributed by atoms with van der Waals surface area (Å²) in [6, 6.07) is 0. The molecule has 0 saturated heterocycles. The Labute approximate surface area is 137 Å². The minimum absolute atomic E-state index is 1.09.